The van der Waals surface area contributed by atoms with Crippen molar-refractivity contribution in [3.8, 4) is 11.3 Å². The van der Waals surface area contributed by atoms with Crippen LogP contribution in [0.25, 0.3) is 22.3 Å². The summed E-state index contributed by atoms with van der Waals surface area (Å²) in [7, 11) is 0. The number of carbonyl (C=O) groups is 1. The topological polar surface area (TPSA) is 71.8 Å². The highest BCUT2D eigenvalue weighted by molar-refractivity contribution is 6.05. The summed E-state index contributed by atoms with van der Waals surface area (Å²) in [6.45, 7) is 7.67. The third kappa shape index (κ3) is 5.10. The molecule has 0 spiro atoms. The molecule has 1 unspecified atom stereocenters. The number of ether oxygens (including phenoxy) is 1. The summed E-state index contributed by atoms with van der Waals surface area (Å²) in [5, 5.41) is 3.41. The maximum atomic E-state index is 13.2. The van der Waals surface area contributed by atoms with Crippen molar-refractivity contribution in [3.05, 3.63) is 105 Å². The highest BCUT2D eigenvalue weighted by Gasteiger charge is 2.19. The lowest BCUT2D eigenvalue weighted by atomic mass is 10.0. The molecule has 2 heterocycles. The predicted molar refractivity (Wildman–Crippen MR) is 141 cm³/mol. The van der Waals surface area contributed by atoms with Crippen molar-refractivity contribution in [2.24, 2.45) is 0 Å². The van der Waals surface area contributed by atoms with Crippen LogP contribution < -0.4 is 10.7 Å². The van der Waals surface area contributed by atoms with Gasteiger partial charge < -0.3 is 14.5 Å². The summed E-state index contributed by atoms with van der Waals surface area (Å²) >= 11 is 0. The van der Waals surface area contributed by atoms with Gasteiger partial charge in [0, 0.05) is 37.3 Å². The lowest BCUT2D eigenvalue weighted by Crippen LogP contribution is -2.40. The van der Waals surface area contributed by atoms with Gasteiger partial charge in [-0.1, -0.05) is 60.7 Å². The number of morpholine rings is 1. The normalized spacial score (nSPS) is 16.2. The first-order valence-corrected chi connectivity index (χ1v) is 12.3. The number of fused-ring (bicyclic) bond motifs is 1. The Balaban J connectivity index is 1.36. The Labute approximate surface area is 210 Å². The van der Waals surface area contributed by atoms with Gasteiger partial charge in [-0.3, -0.25) is 14.5 Å². The van der Waals surface area contributed by atoms with E-state index >= 15 is 0 Å². The number of para-hydroxylation sites is 1. The van der Waals surface area contributed by atoms with Crippen molar-refractivity contribution in [1.29, 1.82) is 0 Å². The number of carbonyl (C=O) groups excluding carboxylic acids is 1. The van der Waals surface area contributed by atoms with Crippen LogP contribution in [-0.4, -0.2) is 36.6 Å². The van der Waals surface area contributed by atoms with Crippen LogP contribution in [0.4, 0.5) is 0 Å². The first-order chi connectivity index (χ1) is 17.5. The fourth-order valence-corrected chi connectivity index (χ4v) is 4.76. The van der Waals surface area contributed by atoms with Crippen LogP contribution in [0.15, 0.2) is 82.0 Å². The second-order valence-electron chi connectivity index (χ2n) is 9.35. The summed E-state index contributed by atoms with van der Waals surface area (Å²) < 4.78 is 11.8. The molecule has 0 saturated carbocycles. The fraction of sp³-hybridized carbons (Fsp3) is 0.267. The quantitative estimate of drug-likeness (QED) is 0.422. The Morgan fingerprint density at radius 1 is 1.03 bits per heavy atom. The van der Waals surface area contributed by atoms with E-state index < -0.39 is 0 Å². The van der Waals surface area contributed by atoms with Gasteiger partial charge in [0.1, 0.15) is 5.76 Å². The van der Waals surface area contributed by atoms with Gasteiger partial charge in [0.05, 0.1) is 23.7 Å². The van der Waals surface area contributed by atoms with Crippen molar-refractivity contribution < 1.29 is 13.9 Å². The molecule has 1 amide bonds. The highest BCUT2D eigenvalue weighted by Crippen LogP contribution is 2.27. The fourth-order valence-electron chi connectivity index (χ4n) is 4.76. The van der Waals surface area contributed by atoms with Crippen LogP contribution in [0, 0.1) is 6.92 Å². The number of amides is 1. The molecule has 184 valence electrons. The van der Waals surface area contributed by atoms with E-state index in [0.717, 1.165) is 37.4 Å². The summed E-state index contributed by atoms with van der Waals surface area (Å²) in [5.74, 6) is 0.206. The SMILES string of the molecule is Cc1c(-c2ccccc2)oc2c(C(=O)NCc3cccc(CN4CCOC(C)C4)c3)cccc2c1=O. The van der Waals surface area contributed by atoms with Gasteiger partial charge in [-0.05, 0) is 37.1 Å². The third-order valence-corrected chi connectivity index (χ3v) is 6.60. The molecule has 0 aliphatic carbocycles. The predicted octanol–water partition coefficient (Wildman–Crippen LogP) is 4.92. The summed E-state index contributed by atoms with van der Waals surface area (Å²) in [6, 6.07) is 22.9. The molecule has 0 radical (unpaired) electrons. The van der Waals surface area contributed by atoms with Gasteiger partial charge in [0.15, 0.2) is 11.0 Å². The molecule has 5 rings (SSSR count). The lowest BCUT2D eigenvalue weighted by Gasteiger charge is -2.31. The maximum Gasteiger partial charge on any atom is 0.255 e. The van der Waals surface area contributed by atoms with E-state index in [4.69, 9.17) is 9.15 Å². The zero-order valence-electron chi connectivity index (χ0n) is 20.6. The van der Waals surface area contributed by atoms with Gasteiger partial charge in [0.2, 0.25) is 0 Å². The Morgan fingerprint density at radius 3 is 2.61 bits per heavy atom. The van der Waals surface area contributed by atoms with Crippen molar-refractivity contribution in [2.75, 3.05) is 19.7 Å². The van der Waals surface area contributed by atoms with Gasteiger partial charge >= 0.3 is 0 Å². The molecule has 36 heavy (non-hydrogen) atoms. The molecule has 3 aromatic carbocycles. The van der Waals surface area contributed by atoms with Gasteiger partial charge in [-0.25, -0.2) is 0 Å². The highest BCUT2D eigenvalue weighted by atomic mass is 16.5. The first-order valence-electron chi connectivity index (χ1n) is 12.3. The number of hydrogen-bond donors (Lipinski definition) is 1. The minimum Gasteiger partial charge on any atom is -0.455 e. The molecule has 1 atom stereocenters. The third-order valence-electron chi connectivity index (χ3n) is 6.60. The van der Waals surface area contributed by atoms with Crippen LogP contribution in [0.1, 0.15) is 34.0 Å². The van der Waals surface area contributed by atoms with Crippen LogP contribution in [-0.2, 0) is 17.8 Å². The maximum absolute atomic E-state index is 13.2. The van der Waals surface area contributed by atoms with E-state index in [1.165, 1.54) is 5.56 Å². The Bertz CT molecular complexity index is 1440. The Kier molecular flexibility index (Phi) is 6.98. The summed E-state index contributed by atoms with van der Waals surface area (Å²) in [4.78, 5) is 28.7. The average Bonchev–Trinajstić information content (AvgIpc) is 2.90. The number of rotatable bonds is 6. The molecule has 1 aromatic heterocycles. The number of nitrogens with one attached hydrogen (secondary N) is 1. The monoisotopic (exact) mass is 482 g/mol. The average molecular weight is 483 g/mol. The molecule has 6 heteroatoms. The van der Waals surface area contributed by atoms with E-state index in [9.17, 15) is 9.59 Å². The minimum absolute atomic E-state index is 0.130. The number of hydrogen-bond acceptors (Lipinski definition) is 5. The molecule has 1 N–H and O–H groups in total. The summed E-state index contributed by atoms with van der Waals surface area (Å²) in [6.07, 6.45) is 0.244. The van der Waals surface area contributed by atoms with E-state index in [1.54, 1.807) is 25.1 Å². The molecule has 0 bridgehead atoms. The van der Waals surface area contributed by atoms with Gasteiger partial charge in [0.25, 0.3) is 5.91 Å². The van der Waals surface area contributed by atoms with E-state index in [0.29, 0.717) is 34.4 Å². The van der Waals surface area contributed by atoms with E-state index in [-0.39, 0.29) is 17.4 Å². The van der Waals surface area contributed by atoms with Crippen molar-refractivity contribution in [2.45, 2.75) is 33.0 Å². The summed E-state index contributed by atoms with van der Waals surface area (Å²) in [5.41, 5.74) is 4.07. The number of benzene rings is 3. The number of nitrogens with zero attached hydrogens (tertiary/aromatic N) is 1. The molecular formula is C30H30N2O4. The van der Waals surface area contributed by atoms with E-state index in [2.05, 4.69) is 29.3 Å². The minimum atomic E-state index is -0.279. The van der Waals surface area contributed by atoms with Crippen LogP contribution in [0.3, 0.4) is 0 Å². The molecule has 1 fully saturated rings. The molecule has 1 aliphatic heterocycles. The van der Waals surface area contributed by atoms with Crippen molar-refractivity contribution >= 4 is 16.9 Å². The molecule has 6 nitrogen and oxygen atoms in total. The second kappa shape index (κ2) is 10.5. The molecule has 1 saturated heterocycles. The first kappa shape index (κ1) is 24.0. The van der Waals surface area contributed by atoms with Gasteiger partial charge in [-0.15, -0.1) is 0 Å². The zero-order chi connectivity index (χ0) is 25.1. The molecular weight excluding hydrogens is 452 g/mol. The Morgan fingerprint density at radius 2 is 1.81 bits per heavy atom. The second-order valence-corrected chi connectivity index (χ2v) is 9.35. The van der Waals surface area contributed by atoms with Crippen molar-refractivity contribution in [3.63, 3.8) is 0 Å². The van der Waals surface area contributed by atoms with E-state index in [1.807, 2.05) is 42.5 Å². The van der Waals surface area contributed by atoms with Crippen LogP contribution in [0.5, 0.6) is 0 Å². The Hall–Kier alpha value is -3.74. The smallest absolute Gasteiger partial charge is 0.255 e. The largest absolute Gasteiger partial charge is 0.455 e. The standard InChI is InChI=1S/C30H30N2O4/c1-20-18-32(14-15-35-20)19-23-9-6-8-22(16-23)17-31-30(34)26-13-7-12-25-27(33)21(2)28(36-29(25)26)24-10-4-3-5-11-24/h3-13,16,20H,14-15,17-19H2,1-2H3,(H,31,34). The van der Waals surface area contributed by atoms with Crippen molar-refractivity contribution in [1.82, 2.24) is 10.2 Å². The lowest BCUT2D eigenvalue weighted by molar-refractivity contribution is -0.0212. The van der Waals surface area contributed by atoms with Crippen LogP contribution in [0.2, 0.25) is 0 Å². The molecule has 1 aliphatic rings. The zero-order valence-corrected chi connectivity index (χ0v) is 20.6. The van der Waals surface area contributed by atoms with Crippen LogP contribution >= 0.6 is 0 Å². The van der Waals surface area contributed by atoms with Gasteiger partial charge in [-0.2, -0.15) is 0 Å². The molecule has 4 aromatic rings.